The number of aromatic amines is 1. The predicted octanol–water partition coefficient (Wildman–Crippen LogP) is 1.79. The van der Waals surface area contributed by atoms with Crippen molar-refractivity contribution in [2.75, 3.05) is 6.61 Å². The van der Waals surface area contributed by atoms with Gasteiger partial charge in [0, 0.05) is 10.9 Å². The predicted molar refractivity (Wildman–Crippen MR) is 65.3 cm³/mol. The van der Waals surface area contributed by atoms with E-state index in [1.54, 1.807) is 19.1 Å². The van der Waals surface area contributed by atoms with E-state index in [-0.39, 0.29) is 0 Å². The zero-order chi connectivity index (χ0) is 13.2. The first-order chi connectivity index (χ1) is 9.29. The lowest BCUT2D eigenvalue weighted by Crippen LogP contribution is -2.03. The fourth-order valence-electron chi connectivity index (χ4n) is 1.82. The summed E-state index contributed by atoms with van der Waals surface area (Å²) in [4.78, 5) is 11.7. The first kappa shape index (κ1) is 11.4. The van der Waals surface area contributed by atoms with Gasteiger partial charge in [-0.25, -0.2) is 9.89 Å². The van der Waals surface area contributed by atoms with Crippen molar-refractivity contribution < 1.29 is 13.9 Å². The van der Waals surface area contributed by atoms with Gasteiger partial charge < -0.3 is 9.15 Å². The van der Waals surface area contributed by atoms with Gasteiger partial charge in [0.05, 0.1) is 6.61 Å². The number of aromatic nitrogens is 4. The number of esters is 1. The number of fused-ring (bicyclic) bond motifs is 1. The molecule has 0 aliphatic carbocycles. The van der Waals surface area contributed by atoms with E-state index in [0.717, 1.165) is 5.56 Å². The Hall–Kier alpha value is -2.70. The Morgan fingerprint density at radius 1 is 1.47 bits per heavy atom. The summed E-state index contributed by atoms with van der Waals surface area (Å²) in [6, 6.07) is 5.35. The number of benzene rings is 1. The highest BCUT2D eigenvalue weighted by molar-refractivity contribution is 6.03. The monoisotopic (exact) mass is 258 g/mol. The third-order valence-electron chi connectivity index (χ3n) is 2.69. The molecule has 0 radical (unpaired) electrons. The van der Waals surface area contributed by atoms with Crippen LogP contribution in [0.3, 0.4) is 0 Å². The van der Waals surface area contributed by atoms with Gasteiger partial charge in [0.25, 0.3) is 0 Å². The Morgan fingerprint density at radius 2 is 2.37 bits per heavy atom. The number of ether oxygens (including phenoxy) is 1. The number of hydrogen-bond acceptors (Lipinski definition) is 6. The van der Waals surface area contributed by atoms with Crippen molar-refractivity contribution in [2.24, 2.45) is 0 Å². The summed E-state index contributed by atoms with van der Waals surface area (Å²) in [6.07, 6.45) is 1.39. The molecule has 0 aliphatic heterocycles. The topological polar surface area (TPSA) is 93.9 Å². The van der Waals surface area contributed by atoms with Crippen LogP contribution in [0.5, 0.6) is 0 Å². The van der Waals surface area contributed by atoms with Crippen molar-refractivity contribution in [1.82, 2.24) is 20.6 Å². The highest BCUT2D eigenvalue weighted by Gasteiger charge is 2.15. The number of H-pyrrole nitrogens is 1. The molecule has 0 saturated carbocycles. The fourth-order valence-corrected chi connectivity index (χ4v) is 1.82. The van der Waals surface area contributed by atoms with Crippen molar-refractivity contribution >= 4 is 16.9 Å². The summed E-state index contributed by atoms with van der Waals surface area (Å²) in [6.45, 7) is 2.09. The highest BCUT2D eigenvalue weighted by atomic mass is 16.5. The minimum Gasteiger partial charge on any atom is -0.463 e. The Labute approximate surface area is 107 Å². The average molecular weight is 258 g/mol. The highest BCUT2D eigenvalue weighted by Crippen LogP contribution is 2.26. The summed E-state index contributed by atoms with van der Waals surface area (Å²) in [7, 11) is 0. The maximum atomic E-state index is 11.7. The molecule has 3 aromatic rings. The van der Waals surface area contributed by atoms with Crippen molar-refractivity contribution in [1.29, 1.82) is 0 Å². The van der Waals surface area contributed by atoms with Crippen molar-refractivity contribution in [2.45, 2.75) is 6.92 Å². The maximum absolute atomic E-state index is 11.7. The van der Waals surface area contributed by atoms with E-state index in [1.165, 1.54) is 6.26 Å². The van der Waals surface area contributed by atoms with Gasteiger partial charge in [-0.1, -0.05) is 6.07 Å². The van der Waals surface area contributed by atoms with Gasteiger partial charge in [-0.3, -0.25) is 0 Å². The lowest BCUT2D eigenvalue weighted by atomic mass is 10.1. The van der Waals surface area contributed by atoms with E-state index in [1.807, 2.05) is 6.07 Å². The number of nitrogens with one attached hydrogen (secondary N) is 1. The number of rotatable bonds is 3. The summed E-state index contributed by atoms with van der Waals surface area (Å²) in [5, 5.41) is 14.2. The van der Waals surface area contributed by atoms with Gasteiger partial charge in [0.15, 0.2) is 5.82 Å². The van der Waals surface area contributed by atoms with Crippen LogP contribution in [-0.2, 0) is 4.74 Å². The second-order valence-corrected chi connectivity index (χ2v) is 3.83. The Balaban J connectivity index is 2.05. The molecule has 2 aromatic heterocycles. The summed E-state index contributed by atoms with van der Waals surface area (Å²) in [5.41, 5.74) is 1.78. The number of carbonyl (C=O) groups excluding carboxylic acids is 1. The molecule has 1 aromatic carbocycles. The van der Waals surface area contributed by atoms with Gasteiger partial charge in [-0.15, -0.1) is 5.10 Å². The van der Waals surface area contributed by atoms with E-state index in [2.05, 4.69) is 20.6 Å². The zero-order valence-corrected chi connectivity index (χ0v) is 10.1. The molecule has 0 atom stereocenters. The average Bonchev–Trinajstić information content (AvgIpc) is 3.07. The molecule has 0 fully saturated rings. The number of nitrogens with zero attached hydrogens (tertiary/aromatic N) is 3. The van der Waals surface area contributed by atoms with Crippen LogP contribution in [-0.4, -0.2) is 33.2 Å². The summed E-state index contributed by atoms with van der Waals surface area (Å²) in [5.74, 6) is 0.145. The van der Waals surface area contributed by atoms with Crippen LogP contribution >= 0.6 is 0 Å². The standard InChI is InChI=1S/C12H10N4O3/c1-2-18-12(17)9-6-19-10-5-7(3-4-8(9)10)11-13-15-16-14-11/h3-6H,2H2,1H3,(H,13,14,15,16). The fraction of sp³-hybridized carbons (Fsp3) is 0.167. The summed E-state index contributed by atoms with van der Waals surface area (Å²) < 4.78 is 10.3. The quantitative estimate of drug-likeness (QED) is 0.720. The van der Waals surface area contributed by atoms with E-state index in [4.69, 9.17) is 9.15 Å². The van der Waals surface area contributed by atoms with Gasteiger partial charge in [-0.2, -0.15) is 0 Å². The van der Waals surface area contributed by atoms with Gasteiger partial charge in [-0.05, 0) is 29.5 Å². The van der Waals surface area contributed by atoms with Crippen LogP contribution in [0.15, 0.2) is 28.9 Å². The summed E-state index contributed by atoms with van der Waals surface area (Å²) >= 11 is 0. The first-order valence-corrected chi connectivity index (χ1v) is 5.72. The van der Waals surface area contributed by atoms with E-state index >= 15 is 0 Å². The van der Waals surface area contributed by atoms with Crippen LogP contribution in [0, 0.1) is 0 Å². The normalized spacial score (nSPS) is 10.8. The largest absolute Gasteiger partial charge is 0.463 e. The first-order valence-electron chi connectivity index (χ1n) is 5.72. The molecule has 7 heteroatoms. The van der Waals surface area contributed by atoms with E-state index in [9.17, 15) is 4.79 Å². The Kier molecular flexibility index (Phi) is 2.71. The van der Waals surface area contributed by atoms with E-state index in [0.29, 0.717) is 29.0 Å². The minimum atomic E-state index is -0.393. The van der Waals surface area contributed by atoms with Crippen molar-refractivity contribution in [3.05, 3.63) is 30.0 Å². The number of tetrazole rings is 1. The van der Waals surface area contributed by atoms with Gasteiger partial charge in [0.1, 0.15) is 17.4 Å². The lowest BCUT2D eigenvalue weighted by Gasteiger charge is -1.99. The Bertz CT molecular complexity index is 718. The second kappa shape index (κ2) is 4.52. The smallest absolute Gasteiger partial charge is 0.342 e. The third-order valence-corrected chi connectivity index (χ3v) is 2.69. The molecule has 3 rings (SSSR count). The SMILES string of the molecule is CCOC(=O)c1coc2cc(-c3nnn[nH]3)ccc12. The van der Waals surface area contributed by atoms with Crippen molar-refractivity contribution in [3.8, 4) is 11.4 Å². The molecule has 1 N–H and O–H groups in total. The Morgan fingerprint density at radius 3 is 3.11 bits per heavy atom. The molecule has 7 nitrogen and oxygen atoms in total. The van der Waals surface area contributed by atoms with Gasteiger partial charge >= 0.3 is 5.97 Å². The second-order valence-electron chi connectivity index (χ2n) is 3.83. The number of carbonyl (C=O) groups is 1. The molecular formula is C12H10N4O3. The van der Waals surface area contributed by atoms with Crippen LogP contribution in [0.4, 0.5) is 0 Å². The third kappa shape index (κ3) is 1.95. The molecule has 0 aliphatic rings. The molecular weight excluding hydrogens is 248 g/mol. The van der Waals surface area contributed by atoms with Crippen LogP contribution in [0.2, 0.25) is 0 Å². The molecule has 19 heavy (non-hydrogen) atoms. The van der Waals surface area contributed by atoms with Crippen LogP contribution in [0.25, 0.3) is 22.4 Å². The molecule has 96 valence electrons. The maximum Gasteiger partial charge on any atom is 0.342 e. The van der Waals surface area contributed by atoms with Crippen LogP contribution < -0.4 is 0 Å². The molecule has 0 saturated heterocycles. The molecule has 0 bridgehead atoms. The number of hydrogen-bond donors (Lipinski definition) is 1. The minimum absolute atomic E-state index is 0.327. The molecule has 0 unspecified atom stereocenters. The molecule has 0 spiro atoms. The van der Waals surface area contributed by atoms with Gasteiger partial charge in [0.2, 0.25) is 0 Å². The number of furan rings is 1. The van der Waals surface area contributed by atoms with Crippen molar-refractivity contribution in [3.63, 3.8) is 0 Å². The van der Waals surface area contributed by atoms with E-state index < -0.39 is 5.97 Å². The lowest BCUT2D eigenvalue weighted by molar-refractivity contribution is 0.0527. The zero-order valence-electron chi connectivity index (χ0n) is 10.1. The van der Waals surface area contributed by atoms with Crippen LogP contribution in [0.1, 0.15) is 17.3 Å². The molecule has 0 amide bonds. The molecule has 2 heterocycles.